The first kappa shape index (κ1) is 28.6. The molecule has 0 amide bonds. The zero-order valence-corrected chi connectivity index (χ0v) is 22.6. The van der Waals surface area contributed by atoms with E-state index in [2.05, 4.69) is 24.9 Å². The summed E-state index contributed by atoms with van der Waals surface area (Å²) < 4.78 is 20.0. The van der Waals surface area contributed by atoms with Crippen LogP contribution < -0.4 is 4.74 Å². The molecule has 0 N–H and O–H groups in total. The molecule has 0 unspecified atom stereocenters. The standard InChI is InChI=1S/C33H42FNO2/c1-3-5-7-9-11-13-15-27-17-23-32(35-25-27)28-18-20-29(21-19-28)37-33(36)30-22-16-26(24-31(30)34)14-12-10-8-6-4-2/h16-25H,3-15H2,1-2H3. The summed E-state index contributed by atoms with van der Waals surface area (Å²) in [7, 11) is 0. The first-order valence-corrected chi connectivity index (χ1v) is 14.2. The van der Waals surface area contributed by atoms with Crippen LogP contribution >= 0.6 is 0 Å². The summed E-state index contributed by atoms with van der Waals surface area (Å²) in [5, 5.41) is 0. The average molecular weight is 504 g/mol. The third-order valence-electron chi connectivity index (χ3n) is 6.83. The second-order valence-corrected chi connectivity index (χ2v) is 9.96. The molecular weight excluding hydrogens is 461 g/mol. The van der Waals surface area contributed by atoms with Gasteiger partial charge in [-0.1, -0.05) is 83.8 Å². The highest BCUT2D eigenvalue weighted by Crippen LogP contribution is 2.23. The van der Waals surface area contributed by atoms with E-state index < -0.39 is 11.8 Å². The number of halogens is 1. The van der Waals surface area contributed by atoms with E-state index in [1.165, 1.54) is 75.5 Å². The van der Waals surface area contributed by atoms with Crippen LogP contribution in [0.1, 0.15) is 106 Å². The molecule has 0 bridgehead atoms. The minimum absolute atomic E-state index is 0.0403. The molecule has 0 aliphatic rings. The van der Waals surface area contributed by atoms with Crippen molar-refractivity contribution in [1.82, 2.24) is 4.98 Å². The number of esters is 1. The number of carbonyl (C=O) groups is 1. The summed E-state index contributed by atoms with van der Waals surface area (Å²) in [6.45, 7) is 4.43. The molecule has 0 saturated carbocycles. The van der Waals surface area contributed by atoms with E-state index in [1.54, 1.807) is 12.1 Å². The summed E-state index contributed by atoms with van der Waals surface area (Å²) in [5.74, 6) is -0.831. The molecule has 0 aliphatic heterocycles. The lowest BCUT2D eigenvalue weighted by Gasteiger charge is -2.08. The van der Waals surface area contributed by atoms with Crippen LogP contribution in [0.3, 0.4) is 0 Å². The van der Waals surface area contributed by atoms with Gasteiger partial charge >= 0.3 is 5.97 Å². The SMILES string of the molecule is CCCCCCCCc1ccc(-c2ccc(OC(=O)c3ccc(CCCCCCC)cc3F)cc2)nc1. The number of aromatic nitrogens is 1. The average Bonchev–Trinajstić information content (AvgIpc) is 2.91. The van der Waals surface area contributed by atoms with E-state index in [0.29, 0.717) is 5.75 Å². The number of hydrogen-bond acceptors (Lipinski definition) is 3. The number of aryl methyl sites for hydroxylation is 2. The number of ether oxygens (including phenoxy) is 1. The quantitative estimate of drug-likeness (QED) is 0.111. The van der Waals surface area contributed by atoms with Crippen molar-refractivity contribution in [2.75, 3.05) is 0 Å². The van der Waals surface area contributed by atoms with Crippen molar-refractivity contribution in [1.29, 1.82) is 0 Å². The molecule has 0 radical (unpaired) electrons. The van der Waals surface area contributed by atoms with E-state index in [0.717, 1.165) is 42.5 Å². The number of rotatable bonds is 16. The van der Waals surface area contributed by atoms with Gasteiger partial charge in [-0.25, -0.2) is 9.18 Å². The molecule has 2 aromatic carbocycles. The van der Waals surface area contributed by atoms with Crippen molar-refractivity contribution in [3.8, 4) is 17.0 Å². The van der Waals surface area contributed by atoms with Gasteiger partial charge in [0, 0.05) is 11.8 Å². The lowest BCUT2D eigenvalue weighted by atomic mass is 10.0. The molecule has 198 valence electrons. The maximum Gasteiger partial charge on any atom is 0.346 e. The topological polar surface area (TPSA) is 39.2 Å². The largest absolute Gasteiger partial charge is 0.423 e. The molecule has 0 aliphatic carbocycles. The predicted octanol–water partition coefficient (Wildman–Crippen LogP) is 9.52. The summed E-state index contributed by atoms with van der Waals surface area (Å²) >= 11 is 0. The molecule has 3 nitrogen and oxygen atoms in total. The Labute approximate surface area is 222 Å². The fourth-order valence-corrected chi connectivity index (χ4v) is 4.52. The minimum atomic E-state index is -0.683. The molecule has 0 atom stereocenters. The highest BCUT2D eigenvalue weighted by atomic mass is 19.1. The molecule has 0 fully saturated rings. The molecule has 4 heteroatoms. The fraction of sp³-hybridized carbons (Fsp3) is 0.455. The third kappa shape index (κ3) is 9.76. The molecule has 0 saturated heterocycles. The van der Waals surface area contributed by atoms with Gasteiger partial charge in [0.05, 0.1) is 11.3 Å². The number of carbonyl (C=O) groups excluding carboxylic acids is 1. The van der Waals surface area contributed by atoms with Crippen molar-refractivity contribution >= 4 is 5.97 Å². The maximum atomic E-state index is 14.6. The van der Waals surface area contributed by atoms with Gasteiger partial charge in [0.15, 0.2) is 0 Å². The lowest BCUT2D eigenvalue weighted by molar-refractivity contribution is 0.0730. The lowest BCUT2D eigenvalue weighted by Crippen LogP contribution is -2.11. The van der Waals surface area contributed by atoms with Crippen LogP contribution in [-0.4, -0.2) is 11.0 Å². The summed E-state index contributed by atoms with van der Waals surface area (Å²) in [5.41, 5.74) is 3.96. The number of pyridine rings is 1. The van der Waals surface area contributed by atoms with Crippen LogP contribution in [-0.2, 0) is 12.8 Å². The Morgan fingerprint density at radius 1 is 0.730 bits per heavy atom. The van der Waals surface area contributed by atoms with Gasteiger partial charge in [-0.2, -0.15) is 0 Å². The zero-order valence-electron chi connectivity index (χ0n) is 22.6. The van der Waals surface area contributed by atoms with E-state index in [-0.39, 0.29) is 5.56 Å². The Bertz CT molecular complexity index is 1080. The van der Waals surface area contributed by atoms with E-state index in [4.69, 9.17) is 4.74 Å². The fourth-order valence-electron chi connectivity index (χ4n) is 4.52. The van der Waals surface area contributed by atoms with Crippen LogP contribution in [0.5, 0.6) is 5.75 Å². The first-order valence-electron chi connectivity index (χ1n) is 14.2. The number of benzene rings is 2. The second-order valence-electron chi connectivity index (χ2n) is 9.96. The predicted molar refractivity (Wildman–Crippen MR) is 151 cm³/mol. The Morgan fingerprint density at radius 2 is 1.32 bits per heavy atom. The van der Waals surface area contributed by atoms with Crippen molar-refractivity contribution < 1.29 is 13.9 Å². The Morgan fingerprint density at radius 3 is 1.92 bits per heavy atom. The third-order valence-corrected chi connectivity index (χ3v) is 6.83. The van der Waals surface area contributed by atoms with Gasteiger partial charge < -0.3 is 4.74 Å². The van der Waals surface area contributed by atoms with Gasteiger partial charge in [0.2, 0.25) is 0 Å². The zero-order chi connectivity index (χ0) is 26.3. The summed E-state index contributed by atoms with van der Waals surface area (Å²) in [4.78, 5) is 17.2. The van der Waals surface area contributed by atoms with Gasteiger partial charge in [0.25, 0.3) is 0 Å². The Kier molecular flexibility index (Phi) is 12.3. The van der Waals surface area contributed by atoms with Crippen LogP contribution in [0.2, 0.25) is 0 Å². The smallest absolute Gasteiger partial charge is 0.346 e. The normalized spacial score (nSPS) is 11.0. The van der Waals surface area contributed by atoms with Gasteiger partial charge in [-0.15, -0.1) is 0 Å². The van der Waals surface area contributed by atoms with Crippen molar-refractivity contribution in [2.45, 2.75) is 97.3 Å². The minimum Gasteiger partial charge on any atom is -0.423 e. The second kappa shape index (κ2) is 16.0. The molecular formula is C33H42FNO2. The van der Waals surface area contributed by atoms with Gasteiger partial charge in [-0.3, -0.25) is 4.98 Å². The van der Waals surface area contributed by atoms with Gasteiger partial charge in [0.1, 0.15) is 11.6 Å². The van der Waals surface area contributed by atoms with Crippen LogP contribution in [0.25, 0.3) is 11.3 Å². The Hall–Kier alpha value is -3.01. The molecule has 3 aromatic rings. The number of hydrogen-bond donors (Lipinski definition) is 0. The highest BCUT2D eigenvalue weighted by Gasteiger charge is 2.15. The maximum absolute atomic E-state index is 14.6. The van der Waals surface area contributed by atoms with Crippen LogP contribution in [0.15, 0.2) is 60.8 Å². The van der Waals surface area contributed by atoms with E-state index in [1.807, 2.05) is 30.5 Å². The van der Waals surface area contributed by atoms with Crippen molar-refractivity contribution in [3.63, 3.8) is 0 Å². The summed E-state index contributed by atoms with van der Waals surface area (Å²) in [6.07, 6.45) is 17.4. The monoisotopic (exact) mass is 503 g/mol. The van der Waals surface area contributed by atoms with E-state index in [9.17, 15) is 9.18 Å². The molecule has 1 aromatic heterocycles. The van der Waals surface area contributed by atoms with Crippen LogP contribution in [0.4, 0.5) is 4.39 Å². The Balaban J connectivity index is 1.49. The molecule has 3 rings (SSSR count). The van der Waals surface area contributed by atoms with Crippen molar-refractivity contribution in [3.05, 3.63) is 83.3 Å². The highest BCUT2D eigenvalue weighted by molar-refractivity contribution is 5.91. The summed E-state index contributed by atoms with van der Waals surface area (Å²) in [6, 6.07) is 16.2. The van der Waals surface area contributed by atoms with Crippen molar-refractivity contribution in [2.24, 2.45) is 0 Å². The van der Waals surface area contributed by atoms with Gasteiger partial charge in [-0.05, 0) is 79.3 Å². The van der Waals surface area contributed by atoms with Crippen LogP contribution in [0, 0.1) is 5.82 Å². The molecule has 37 heavy (non-hydrogen) atoms. The molecule has 0 spiro atoms. The first-order chi connectivity index (χ1) is 18.1. The molecule has 1 heterocycles. The van der Waals surface area contributed by atoms with E-state index >= 15 is 0 Å². The number of nitrogens with zero attached hydrogens (tertiary/aromatic N) is 1. The number of unbranched alkanes of at least 4 members (excludes halogenated alkanes) is 9.